The van der Waals surface area contributed by atoms with Crippen molar-refractivity contribution in [1.29, 1.82) is 0 Å². The van der Waals surface area contributed by atoms with E-state index in [1.54, 1.807) is 42.5 Å². The fourth-order valence-corrected chi connectivity index (χ4v) is 4.14. The molecule has 0 saturated carbocycles. The second kappa shape index (κ2) is 10.6. The van der Waals surface area contributed by atoms with Gasteiger partial charge in [-0.2, -0.15) is 13.5 Å². The predicted molar refractivity (Wildman–Crippen MR) is 125 cm³/mol. The van der Waals surface area contributed by atoms with Gasteiger partial charge in [-0.1, -0.05) is 35.9 Å². The first-order chi connectivity index (χ1) is 15.3. The zero-order valence-corrected chi connectivity index (χ0v) is 19.9. The van der Waals surface area contributed by atoms with Gasteiger partial charge in [0, 0.05) is 5.56 Å². The lowest BCUT2D eigenvalue weighted by atomic mass is 10.2. The Morgan fingerprint density at radius 3 is 2.50 bits per heavy atom. The number of benzene rings is 3. The molecule has 3 rings (SSSR count). The highest BCUT2D eigenvalue weighted by Gasteiger charge is 2.14. The molecule has 3 aromatic rings. The normalized spacial score (nSPS) is 11.5. The van der Waals surface area contributed by atoms with Crippen LogP contribution >= 0.6 is 15.9 Å². The van der Waals surface area contributed by atoms with Gasteiger partial charge in [0.25, 0.3) is 10.0 Å². The molecule has 0 fully saturated rings. The van der Waals surface area contributed by atoms with Crippen molar-refractivity contribution < 1.29 is 22.3 Å². The van der Waals surface area contributed by atoms with Gasteiger partial charge in [-0.15, -0.1) is 0 Å². The molecule has 168 valence electrons. The number of ether oxygens (including phenoxy) is 2. The maximum Gasteiger partial charge on any atom is 0.276 e. The quantitative estimate of drug-likeness (QED) is 0.311. The van der Waals surface area contributed by atoms with Crippen molar-refractivity contribution in [3.8, 4) is 11.5 Å². The van der Waals surface area contributed by atoms with Gasteiger partial charge in [0.2, 0.25) is 0 Å². The molecule has 0 unspecified atom stereocenters. The fourth-order valence-electron chi connectivity index (χ4n) is 2.77. The summed E-state index contributed by atoms with van der Waals surface area (Å²) in [6.07, 6.45) is 1.36. The lowest BCUT2D eigenvalue weighted by molar-refractivity contribution is 0.264. The molecule has 0 spiro atoms. The summed E-state index contributed by atoms with van der Waals surface area (Å²) in [5.41, 5.74) is 1.95. The molecular weight excluding hydrogens is 499 g/mol. The third-order valence-electron chi connectivity index (χ3n) is 4.38. The molecule has 6 nitrogen and oxygen atoms in total. The van der Waals surface area contributed by atoms with Crippen LogP contribution in [0.3, 0.4) is 0 Å². The standard InChI is InChI=1S/C23H22BrFN2O4S/c1-3-30-22-13-17(14-26-27-32(28,29)19-10-8-16(2)9-11-19)12-20(24)23(22)31-15-18-6-4-5-7-21(18)25/h4-14,27H,3,15H2,1-2H3/b26-14-. The third kappa shape index (κ3) is 6.08. The van der Waals surface area contributed by atoms with Gasteiger partial charge in [-0.05, 0) is 65.7 Å². The molecule has 32 heavy (non-hydrogen) atoms. The highest BCUT2D eigenvalue weighted by Crippen LogP contribution is 2.37. The third-order valence-corrected chi connectivity index (χ3v) is 6.21. The van der Waals surface area contributed by atoms with E-state index in [1.807, 2.05) is 13.8 Å². The van der Waals surface area contributed by atoms with Crippen molar-refractivity contribution in [1.82, 2.24) is 4.83 Å². The Morgan fingerprint density at radius 2 is 1.81 bits per heavy atom. The van der Waals surface area contributed by atoms with Crippen molar-refractivity contribution in [3.63, 3.8) is 0 Å². The van der Waals surface area contributed by atoms with E-state index in [4.69, 9.17) is 9.47 Å². The molecule has 0 aliphatic rings. The zero-order valence-electron chi connectivity index (χ0n) is 17.5. The zero-order chi connectivity index (χ0) is 23.1. The monoisotopic (exact) mass is 520 g/mol. The van der Waals surface area contributed by atoms with E-state index in [0.717, 1.165) is 5.56 Å². The van der Waals surface area contributed by atoms with Crippen molar-refractivity contribution in [2.75, 3.05) is 6.61 Å². The Bertz CT molecular complexity index is 1220. The van der Waals surface area contributed by atoms with Gasteiger partial charge in [0.05, 0.1) is 22.2 Å². The number of hydrazone groups is 1. The van der Waals surface area contributed by atoms with Crippen molar-refractivity contribution in [2.24, 2.45) is 5.10 Å². The van der Waals surface area contributed by atoms with Crippen molar-refractivity contribution in [3.05, 3.63) is 87.6 Å². The van der Waals surface area contributed by atoms with E-state index >= 15 is 0 Å². The van der Waals surface area contributed by atoms with Crippen LogP contribution in [0.1, 0.15) is 23.6 Å². The van der Waals surface area contributed by atoms with Gasteiger partial charge in [-0.25, -0.2) is 9.22 Å². The maximum atomic E-state index is 13.9. The van der Waals surface area contributed by atoms with E-state index < -0.39 is 10.0 Å². The van der Waals surface area contributed by atoms with Crippen LogP contribution in [-0.2, 0) is 16.6 Å². The van der Waals surface area contributed by atoms with Gasteiger partial charge < -0.3 is 9.47 Å². The minimum absolute atomic E-state index is 0.0229. The van der Waals surface area contributed by atoms with Crippen LogP contribution in [-0.4, -0.2) is 21.2 Å². The smallest absolute Gasteiger partial charge is 0.276 e. The highest BCUT2D eigenvalue weighted by molar-refractivity contribution is 9.10. The Labute approximate surface area is 195 Å². The van der Waals surface area contributed by atoms with Gasteiger partial charge in [0.1, 0.15) is 12.4 Å². The van der Waals surface area contributed by atoms with Crippen LogP contribution < -0.4 is 14.3 Å². The summed E-state index contributed by atoms with van der Waals surface area (Å²) in [7, 11) is -3.78. The topological polar surface area (TPSA) is 77.0 Å². The average Bonchev–Trinajstić information content (AvgIpc) is 2.75. The molecule has 9 heteroatoms. The summed E-state index contributed by atoms with van der Waals surface area (Å²) in [6.45, 7) is 4.10. The first kappa shape index (κ1) is 23.7. The first-order valence-corrected chi connectivity index (χ1v) is 12.0. The summed E-state index contributed by atoms with van der Waals surface area (Å²) < 4.78 is 50.6. The van der Waals surface area contributed by atoms with Crippen LogP contribution in [0.5, 0.6) is 11.5 Å². The molecule has 3 aromatic carbocycles. The largest absolute Gasteiger partial charge is 0.490 e. The number of rotatable bonds is 9. The maximum absolute atomic E-state index is 13.9. The Morgan fingerprint density at radius 1 is 1.09 bits per heavy atom. The highest BCUT2D eigenvalue weighted by atomic mass is 79.9. The van der Waals surface area contributed by atoms with Gasteiger partial charge in [0.15, 0.2) is 11.5 Å². The number of hydrogen-bond donors (Lipinski definition) is 1. The molecule has 0 aromatic heterocycles. The number of nitrogens with one attached hydrogen (secondary N) is 1. The summed E-state index contributed by atoms with van der Waals surface area (Å²) >= 11 is 3.44. The van der Waals surface area contributed by atoms with E-state index in [-0.39, 0.29) is 17.3 Å². The van der Waals surface area contributed by atoms with E-state index in [0.29, 0.717) is 33.7 Å². The molecule has 0 radical (unpaired) electrons. The number of halogens is 2. The number of aryl methyl sites for hydroxylation is 1. The fraction of sp³-hybridized carbons (Fsp3) is 0.174. The van der Waals surface area contributed by atoms with E-state index in [1.165, 1.54) is 24.4 Å². The molecular formula is C23H22BrFN2O4S. The number of sulfonamides is 1. The van der Waals surface area contributed by atoms with Gasteiger partial charge in [-0.3, -0.25) is 0 Å². The molecule has 0 amide bonds. The Hall–Kier alpha value is -2.91. The van der Waals surface area contributed by atoms with E-state index in [2.05, 4.69) is 25.9 Å². The van der Waals surface area contributed by atoms with Gasteiger partial charge >= 0.3 is 0 Å². The molecule has 0 atom stereocenters. The minimum Gasteiger partial charge on any atom is -0.490 e. The summed E-state index contributed by atoms with van der Waals surface area (Å²) in [6, 6.07) is 16.2. The number of nitrogens with zero attached hydrogens (tertiary/aromatic N) is 1. The molecule has 0 saturated heterocycles. The van der Waals surface area contributed by atoms with Crippen LogP contribution in [0.25, 0.3) is 0 Å². The Kier molecular flexibility index (Phi) is 7.87. The second-order valence-corrected chi connectivity index (χ2v) is 9.32. The molecule has 0 aliphatic carbocycles. The molecule has 1 N–H and O–H groups in total. The predicted octanol–water partition coefficient (Wildman–Crippen LogP) is 5.19. The first-order valence-electron chi connectivity index (χ1n) is 9.74. The number of hydrogen-bond acceptors (Lipinski definition) is 5. The summed E-state index contributed by atoms with van der Waals surface area (Å²) in [5.74, 6) is 0.472. The molecule has 0 heterocycles. The van der Waals surface area contributed by atoms with Crippen LogP contribution in [0.4, 0.5) is 4.39 Å². The van der Waals surface area contributed by atoms with Crippen LogP contribution in [0, 0.1) is 12.7 Å². The van der Waals surface area contributed by atoms with Crippen molar-refractivity contribution >= 4 is 32.2 Å². The lowest BCUT2D eigenvalue weighted by Crippen LogP contribution is -2.18. The molecule has 0 bridgehead atoms. The summed E-state index contributed by atoms with van der Waals surface area (Å²) in [4.78, 5) is 2.31. The summed E-state index contributed by atoms with van der Waals surface area (Å²) in [5, 5.41) is 3.86. The van der Waals surface area contributed by atoms with Crippen LogP contribution in [0.15, 0.2) is 75.1 Å². The van der Waals surface area contributed by atoms with Crippen LogP contribution in [0.2, 0.25) is 0 Å². The SMILES string of the molecule is CCOc1cc(/C=N\NS(=O)(=O)c2ccc(C)cc2)cc(Br)c1OCc1ccccc1F. The minimum atomic E-state index is -3.78. The Balaban J connectivity index is 1.77. The molecule has 0 aliphatic heterocycles. The van der Waals surface area contributed by atoms with E-state index in [9.17, 15) is 12.8 Å². The van der Waals surface area contributed by atoms with Crippen molar-refractivity contribution in [2.45, 2.75) is 25.3 Å². The second-order valence-electron chi connectivity index (χ2n) is 6.81. The lowest BCUT2D eigenvalue weighted by Gasteiger charge is -2.15. The average molecular weight is 521 g/mol.